The predicted molar refractivity (Wildman–Crippen MR) is 77.6 cm³/mol. The molecular weight excluding hydrogens is 236 g/mol. The van der Waals surface area contributed by atoms with Crippen LogP contribution in [-0.4, -0.2) is 12.0 Å². The Labute approximate surface area is 114 Å². The van der Waals surface area contributed by atoms with E-state index in [2.05, 4.69) is 29.4 Å². The Morgan fingerprint density at radius 3 is 2.47 bits per heavy atom. The molecule has 19 heavy (non-hydrogen) atoms. The second kappa shape index (κ2) is 6.34. The fraction of sp³-hybridized carbons (Fsp3) is 0.312. The van der Waals surface area contributed by atoms with Crippen LogP contribution < -0.4 is 10.1 Å². The zero-order valence-electron chi connectivity index (χ0n) is 11.7. The third-order valence-electron chi connectivity index (χ3n) is 2.94. The molecule has 1 N–H and O–H groups in total. The van der Waals surface area contributed by atoms with E-state index in [1.165, 1.54) is 5.56 Å². The summed E-state index contributed by atoms with van der Waals surface area (Å²) in [5.74, 6) is 1.69. The summed E-state index contributed by atoms with van der Waals surface area (Å²) in [6, 6.07) is 12.1. The lowest BCUT2D eigenvalue weighted by atomic mass is 10.2. The Bertz CT molecular complexity index is 535. The second-order valence-corrected chi connectivity index (χ2v) is 4.53. The number of hydrogen-bond acceptors (Lipinski definition) is 3. The largest absolute Gasteiger partial charge is 0.455 e. The van der Waals surface area contributed by atoms with Gasteiger partial charge in [0.1, 0.15) is 11.5 Å². The average molecular weight is 256 g/mol. The minimum absolute atomic E-state index is 0.842. The van der Waals surface area contributed by atoms with Gasteiger partial charge in [-0.3, -0.25) is 4.98 Å². The molecule has 0 saturated carbocycles. The van der Waals surface area contributed by atoms with Crippen LogP contribution in [-0.2, 0) is 13.0 Å². The monoisotopic (exact) mass is 256 g/mol. The normalized spacial score (nSPS) is 10.5. The maximum Gasteiger partial charge on any atom is 0.148 e. The maximum atomic E-state index is 5.91. The Morgan fingerprint density at radius 1 is 1.11 bits per heavy atom. The minimum atomic E-state index is 0.842. The van der Waals surface area contributed by atoms with Gasteiger partial charge >= 0.3 is 0 Å². The number of nitrogens with one attached hydrogen (secondary N) is 1. The highest BCUT2D eigenvalue weighted by Crippen LogP contribution is 2.25. The number of rotatable bonds is 5. The van der Waals surface area contributed by atoms with Gasteiger partial charge in [-0.1, -0.05) is 19.1 Å². The molecule has 0 saturated heterocycles. The highest BCUT2D eigenvalue weighted by atomic mass is 16.5. The maximum absolute atomic E-state index is 5.91. The quantitative estimate of drug-likeness (QED) is 0.889. The third kappa shape index (κ3) is 3.55. The molecule has 0 aliphatic rings. The molecule has 0 atom stereocenters. The average Bonchev–Trinajstić information content (AvgIpc) is 2.43. The van der Waals surface area contributed by atoms with Crippen LogP contribution in [0.4, 0.5) is 0 Å². The summed E-state index contributed by atoms with van der Waals surface area (Å²) < 4.78 is 5.91. The van der Waals surface area contributed by atoms with Gasteiger partial charge < -0.3 is 10.1 Å². The molecule has 1 aromatic carbocycles. The number of hydrogen-bond donors (Lipinski definition) is 1. The predicted octanol–water partition coefficient (Wildman–Crippen LogP) is 3.46. The van der Waals surface area contributed by atoms with Crippen molar-refractivity contribution in [2.75, 3.05) is 7.05 Å². The van der Waals surface area contributed by atoms with Gasteiger partial charge in [-0.15, -0.1) is 0 Å². The summed E-state index contributed by atoms with van der Waals surface area (Å²) >= 11 is 0. The zero-order chi connectivity index (χ0) is 13.7. The number of benzene rings is 1. The highest BCUT2D eigenvalue weighted by molar-refractivity contribution is 5.36. The van der Waals surface area contributed by atoms with Crippen LogP contribution in [0.1, 0.15) is 23.9 Å². The highest BCUT2D eigenvalue weighted by Gasteiger charge is 2.05. The Balaban J connectivity index is 2.16. The number of pyridine rings is 1. The Morgan fingerprint density at radius 2 is 1.84 bits per heavy atom. The van der Waals surface area contributed by atoms with Crippen molar-refractivity contribution in [1.82, 2.24) is 10.3 Å². The Hall–Kier alpha value is -1.87. The van der Waals surface area contributed by atoms with E-state index in [0.717, 1.165) is 35.9 Å². The van der Waals surface area contributed by atoms with E-state index in [9.17, 15) is 0 Å². The van der Waals surface area contributed by atoms with Gasteiger partial charge in [0, 0.05) is 12.2 Å². The molecule has 0 amide bonds. The summed E-state index contributed by atoms with van der Waals surface area (Å²) in [7, 11) is 1.94. The lowest BCUT2D eigenvalue weighted by Crippen LogP contribution is -2.04. The molecule has 0 fully saturated rings. The van der Waals surface area contributed by atoms with Crippen molar-refractivity contribution < 1.29 is 4.74 Å². The summed E-state index contributed by atoms with van der Waals surface area (Å²) in [5, 5.41) is 3.13. The number of nitrogens with zero attached hydrogens (tertiary/aromatic N) is 1. The third-order valence-corrected chi connectivity index (χ3v) is 2.94. The molecule has 0 spiro atoms. The first-order valence-corrected chi connectivity index (χ1v) is 6.61. The summed E-state index contributed by atoms with van der Waals surface area (Å²) in [5.41, 5.74) is 3.26. The van der Waals surface area contributed by atoms with Crippen molar-refractivity contribution in [3.05, 3.63) is 53.3 Å². The van der Waals surface area contributed by atoms with Crippen molar-refractivity contribution in [3.63, 3.8) is 0 Å². The van der Waals surface area contributed by atoms with Crippen molar-refractivity contribution in [2.24, 2.45) is 0 Å². The molecule has 2 aromatic rings. The summed E-state index contributed by atoms with van der Waals surface area (Å²) in [4.78, 5) is 4.50. The zero-order valence-corrected chi connectivity index (χ0v) is 11.7. The van der Waals surface area contributed by atoms with Crippen LogP contribution in [0.3, 0.4) is 0 Å². The van der Waals surface area contributed by atoms with Crippen molar-refractivity contribution in [3.8, 4) is 11.5 Å². The first-order chi connectivity index (χ1) is 9.22. The van der Waals surface area contributed by atoms with Gasteiger partial charge in [-0.05, 0) is 50.2 Å². The smallest absolute Gasteiger partial charge is 0.148 e. The minimum Gasteiger partial charge on any atom is -0.455 e. The molecule has 100 valence electrons. The summed E-state index contributed by atoms with van der Waals surface area (Å²) in [6.07, 6.45) is 0.870. The van der Waals surface area contributed by atoms with Gasteiger partial charge in [-0.2, -0.15) is 0 Å². The van der Waals surface area contributed by atoms with E-state index >= 15 is 0 Å². The molecule has 0 bridgehead atoms. The topological polar surface area (TPSA) is 34.1 Å². The van der Waals surface area contributed by atoms with Crippen LogP contribution in [0.5, 0.6) is 11.5 Å². The Kier molecular flexibility index (Phi) is 4.53. The molecule has 0 aliphatic heterocycles. The van der Waals surface area contributed by atoms with Gasteiger partial charge in [0.05, 0.1) is 5.69 Å². The number of aryl methyl sites for hydroxylation is 2. The fourth-order valence-electron chi connectivity index (χ4n) is 1.95. The van der Waals surface area contributed by atoms with Crippen LogP contribution in [0.15, 0.2) is 36.4 Å². The number of aromatic nitrogens is 1. The van der Waals surface area contributed by atoms with E-state index in [1.54, 1.807) is 0 Å². The SMILES string of the molecule is CCc1nc(C)ccc1Oc1ccc(CNC)cc1. The number of ether oxygens (including phenoxy) is 1. The fourth-order valence-corrected chi connectivity index (χ4v) is 1.95. The van der Waals surface area contributed by atoms with Crippen molar-refractivity contribution >= 4 is 0 Å². The molecule has 1 heterocycles. The van der Waals surface area contributed by atoms with Crippen LogP contribution in [0.25, 0.3) is 0 Å². The molecule has 0 unspecified atom stereocenters. The van der Waals surface area contributed by atoms with E-state index in [1.807, 2.05) is 38.2 Å². The van der Waals surface area contributed by atoms with Gasteiger partial charge in [0.15, 0.2) is 0 Å². The first-order valence-electron chi connectivity index (χ1n) is 6.61. The lowest BCUT2D eigenvalue weighted by molar-refractivity contribution is 0.472. The molecule has 3 nitrogen and oxygen atoms in total. The summed E-state index contributed by atoms with van der Waals surface area (Å²) in [6.45, 7) is 4.95. The molecular formula is C16H20N2O. The van der Waals surface area contributed by atoms with Crippen LogP contribution in [0, 0.1) is 6.92 Å². The molecule has 0 aliphatic carbocycles. The second-order valence-electron chi connectivity index (χ2n) is 4.53. The van der Waals surface area contributed by atoms with Gasteiger partial charge in [-0.25, -0.2) is 0 Å². The molecule has 0 radical (unpaired) electrons. The van der Waals surface area contributed by atoms with Crippen molar-refractivity contribution in [1.29, 1.82) is 0 Å². The van der Waals surface area contributed by atoms with Gasteiger partial charge in [0.2, 0.25) is 0 Å². The standard InChI is InChI=1S/C16H20N2O/c1-4-15-16(10-5-12(2)18-15)19-14-8-6-13(7-9-14)11-17-3/h5-10,17H,4,11H2,1-3H3. The van der Waals surface area contributed by atoms with E-state index in [0.29, 0.717) is 0 Å². The van der Waals surface area contributed by atoms with E-state index in [4.69, 9.17) is 4.74 Å². The van der Waals surface area contributed by atoms with E-state index < -0.39 is 0 Å². The van der Waals surface area contributed by atoms with Gasteiger partial charge in [0.25, 0.3) is 0 Å². The first kappa shape index (κ1) is 13.6. The molecule has 1 aromatic heterocycles. The molecule has 3 heteroatoms. The van der Waals surface area contributed by atoms with Crippen LogP contribution in [0.2, 0.25) is 0 Å². The molecule has 2 rings (SSSR count). The van der Waals surface area contributed by atoms with E-state index in [-0.39, 0.29) is 0 Å². The lowest BCUT2D eigenvalue weighted by Gasteiger charge is -2.10. The van der Waals surface area contributed by atoms with Crippen LogP contribution >= 0.6 is 0 Å². The van der Waals surface area contributed by atoms with Crippen molar-refractivity contribution in [2.45, 2.75) is 26.8 Å².